The van der Waals surface area contributed by atoms with Crippen molar-refractivity contribution in [1.29, 1.82) is 0 Å². The van der Waals surface area contributed by atoms with Crippen molar-refractivity contribution >= 4 is 24.2 Å². The van der Waals surface area contributed by atoms with Gasteiger partial charge in [-0.3, -0.25) is 14.6 Å². The van der Waals surface area contributed by atoms with E-state index in [1.165, 1.54) is 0 Å². The maximum Gasteiger partial charge on any atom is 0.242 e. The Bertz CT molecular complexity index is 526. The molecule has 120 valence electrons. The van der Waals surface area contributed by atoms with Crippen molar-refractivity contribution in [3.05, 3.63) is 30.1 Å². The SMILES string of the molecule is Cl.O=C1CCCN1CC(=O)N1CCNCC1c1cccnc1. The molecule has 0 saturated carbocycles. The number of amides is 2. The van der Waals surface area contributed by atoms with E-state index in [4.69, 9.17) is 0 Å². The predicted molar refractivity (Wildman–Crippen MR) is 84.6 cm³/mol. The van der Waals surface area contributed by atoms with Gasteiger partial charge in [0.2, 0.25) is 11.8 Å². The molecule has 0 radical (unpaired) electrons. The maximum atomic E-state index is 12.6. The topological polar surface area (TPSA) is 65.5 Å². The van der Waals surface area contributed by atoms with Crippen LogP contribution in [-0.4, -0.2) is 59.3 Å². The van der Waals surface area contributed by atoms with Crippen molar-refractivity contribution < 1.29 is 9.59 Å². The van der Waals surface area contributed by atoms with Crippen LogP contribution in [0.15, 0.2) is 24.5 Å². The van der Waals surface area contributed by atoms with E-state index in [2.05, 4.69) is 10.3 Å². The lowest BCUT2D eigenvalue weighted by molar-refractivity contribution is -0.140. The first-order chi connectivity index (χ1) is 10.3. The summed E-state index contributed by atoms with van der Waals surface area (Å²) in [4.78, 5) is 31.9. The lowest BCUT2D eigenvalue weighted by Crippen LogP contribution is -2.51. The molecule has 1 N–H and O–H groups in total. The standard InChI is InChI=1S/C15H20N4O2.ClH/c20-14-4-2-7-18(14)11-15(21)19-8-6-17-10-13(19)12-3-1-5-16-9-12;/h1,3,5,9,13,17H,2,4,6-8,10-11H2;1H. The zero-order valence-corrected chi connectivity index (χ0v) is 13.2. The van der Waals surface area contributed by atoms with Crippen LogP contribution < -0.4 is 5.32 Å². The number of hydrogen-bond acceptors (Lipinski definition) is 4. The van der Waals surface area contributed by atoms with Gasteiger partial charge in [-0.25, -0.2) is 0 Å². The number of rotatable bonds is 3. The minimum atomic E-state index is -0.00217. The van der Waals surface area contributed by atoms with Crippen LogP contribution in [-0.2, 0) is 9.59 Å². The van der Waals surface area contributed by atoms with Gasteiger partial charge in [-0.05, 0) is 18.1 Å². The maximum absolute atomic E-state index is 12.6. The highest BCUT2D eigenvalue weighted by molar-refractivity contribution is 5.86. The monoisotopic (exact) mass is 324 g/mol. The highest BCUT2D eigenvalue weighted by Crippen LogP contribution is 2.22. The molecule has 0 bridgehead atoms. The molecule has 2 saturated heterocycles. The lowest BCUT2D eigenvalue weighted by atomic mass is 10.1. The average Bonchev–Trinajstić information content (AvgIpc) is 2.93. The van der Waals surface area contributed by atoms with E-state index in [0.717, 1.165) is 25.1 Å². The fraction of sp³-hybridized carbons (Fsp3) is 0.533. The van der Waals surface area contributed by atoms with E-state index in [9.17, 15) is 9.59 Å². The molecule has 1 aromatic heterocycles. The molecule has 2 aliphatic heterocycles. The largest absolute Gasteiger partial charge is 0.333 e. The first-order valence-corrected chi connectivity index (χ1v) is 7.43. The molecule has 0 aliphatic carbocycles. The number of likely N-dealkylation sites (tertiary alicyclic amines) is 1. The summed E-state index contributed by atoms with van der Waals surface area (Å²) in [6.45, 7) is 3.09. The van der Waals surface area contributed by atoms with Crippen molar-refractivity contribution in [1.82, 2.24) is 20.1 Å². The molecule has 0 spiro atoms. The second-order valence-electron chi connectivity index (χ2n) is 5.51. The van der Waals surface area contributed by atoms with Gasteiger partial charge in [0.1, 0.15) is 0 Å². The molecule has 7 heteroatoms. The number of nitrogens with one attached hydrogen (secondary N) is 1. The Morgan fingerprint density at radius 1 is 1.41 bits per heavy atom. The molecule has 0 aromatic carbocycles. The van der Waals surface area contributed by atoms with Crippen molar-refractivity contribution in [3.8, 4) is 0 Å². The van der Waals surface area contributed by atoms with Gasteiger partial charge in [0, 0.05) is 45.0 Å². The zero-order valence-electron chi connectivity index (χ0n) is 12.4. The summed E-state index contributed by atoms with van der Waals surface area (Å²) in [5, 5.41) is 3.32. The molecule has 6 nitrogen and oxygen atoms in total. The van der Waals surface area contributed by atoms with Gasteiger partial charge in [-0.1, -0.05) is 6.07 Å². The minimum Gasteiger partial charge on any atom is -0.333 e. The Morgan fingerprint density at radius 2 is 2.27 bits per heavy atom. The summed E-state index contributed by atoms with van der Waals surface area (Å²) in [7, 11) is 0. The Kier molecular flexibility index (Phi) is 5.74. The van der Waals surface area contributed by atoms with Gasteiger partial charge in [-0.15, -0.1) is 12.4 Å². The number of halogens is 1. The Morgan fingerprint density at radius 3 is 2.95 bits per heavy atom. The zero-order chi connectivity index (χ0) is 14.7. The summed E-state index contributed by atoms with van der Waals surface area (Å²) in [5.41, 5.74) is 1.03. The third-order valence-corrected chi connectivity index (χ3v) is 4.13. The first-order valence-electron chi connectivity index (χ1n) is 7.43. The molecular weight excluding hydrogens is 304 g/mol. The van der Waals surface area contributed by atoms with E-state index in [0.29, 0.717) is 19.5 Å². The van der Waals surface area contributed by atoms with Gasteiger partial charge >= 0.3 is 0 Å². The van der Waals surface area contributed by atoms with E-state index in [1.807, 2.05) is 17.0 Å². The minimum absolute atomic E-state index is 0. The Balaban J connectivity index is 0.00000176. The number of pyridine rings is 1. The van der Waals surface area contributed by atoms with E-state index in [1.54, 1.807) is 17.3 Å². The molecule has 2 aliphatic rings. The van der Waals surface area contributed by atoms with Gasteiger partial charge in [0.15, 0.2) is 0 Å². The normalized spacial score (nSPS) is 21.6. The van der Waals surface area contributed by atoms with E-state index in [-0.39, 0.29) is 36.8 Å². The highest BCUT2D eigenvalue weighted by atomic mass is 35.5. The van der Waals surface area contributed by atoms with Crippen molar-refractivity contribution in [2.45, 2.75) is 18.9 Å². The van der Waals surface area contributed by atoms with Crippen LogP contribution in [0.25, 0.3) is 0 Å². The van der Waals surface area contributed by atoms with Crippen LogP contribution in [0.2, 0.25) is 0 Å². The van der Waals surface area contributed by atoms with Crippen LogP contribution in [0.3, 0.4) is 0 Å². The molecule has 3 heterocycles. The molecule has 22 heavy (non-hydrogen) atoms. The van der Waals surface area contributed by atoms with Gasteiger partial charge in [0.05, 0.1) is 12.6 Å². The second-order valence-corrected chi connectivity index (χ2v) is 5.51. The molecule has 1 atom stereocenters. The van der Waals surface area contributed by atoms with Crippen LogP contribution in [0.5, 0.6) is 0 Å². The molecule has 2 fully saturated rings. The fourth-order valence-electron chi connectivity index (χ4n) is 3.00. The van der Waals surface area contributed by atoms with Gasteiger partial charge in [0.25, 0.3) is 0 Å². The number of carbonyl (C=O) groups excluding carboxylic acids is 2. The summed E-state index contributed by atoms with van der Waals surface area (Å²) in [6.07, 6.45) is 4.97. The molecule has 1 unspecified atom stereocenters. The van der Waals surface area contributed by atoms with E-state index < -0.39 is 0 Å². The van der Waals surface area contributed by atoms with E-state index >= 15 is 0 Å². The summed E-state index contributed by atoms with van der Waals surface area (Å²) < 4.78 is 0. The van der Waals surface area contributed by atoms with Gasteiger partial charge in [-0.2, -0.15) is 0 Å². The quantitative estimate of drug-likeness (QED) is 0.884. The number of carbonyl (C=O) groups is 2. The fourth-order valence-corrected chi connectivity index (χ4v) is 3.00. The third kappa shape index (κ3) is 3.56. The third-order valence-electron chi connectivity index (χ3n) is 4.13. The van der Waals surface area contributed by atoms with Gasteiger partial charge < -0.3 is 15.1 Å². The van der Waals surface area contributed by atoms with Crippen molar-refractivity contribution in [3.63, 3.8) is 0 Å². The number of piperazine rings is 1. The summed E-state index contributed by atoms with van der Waals surface area (Å²) in [6, 6.07) is 3.88. The summed E-state index contributed by atoms with van der Waals surface area (Å²) in [5.74, 6) is 0.122. The number of hydrogen-bond donors (Lipinski definition) is 1. The summed E-state index contributed by atoms with van der Waals surface area (Å²) >= 11 is 0. The molecular formula is C15H21ClN4O2. The van der Waals surface area contributed by atoms with Crippen LogP contribution in [0.4, 0.5) is 0 Å². The Hall–Kier alpha value is -1.66. The number of aromatic nitrogens is 1. The van der Waals surface area contributed by atoms with Crippen molar-refractivity contribution in [2.24, 2.45) is 0 Å². The Labute approximate surface area is 136 Å². The molecule has 2 amide bonds. The molecule has 3 rings (SSSR count). The number of nitrogens with zero attached hydrogens (tertiary/aromatic N) is 3. The van der Waals surface area contributed by atoms with Crippen LogP contribution in [0.1, 0.15) is 24.4 Å². The average molecular weight is 325 g/mol. The first kappa shape index (κ1) is 16.7. The van der Waals surface area contributed by atoms with Crippen LogP contribution >= 0.6 is 12.4 Å². The smallest absolute Gasteiger partial charge is 0.242 e. The lowest BCUT2D eigenvalue weighted by Gasteiger charge is -2.37. The second kappa shape index (κ2) is 7.56. The van der Waals surface area contributed by atoms with Crippen molar-refractivity contribution in [2.75, 3.05) is 32.7 Å². The highest BCUT2D eigenvalue weighted by Gasteiger charge is 2.31. The predicted octanol–water partition coefficient (Wildman–Crippen LogP) is 0.599. The molecule has 1 aromatic rings. The van der Waals surface area contributed by atoms with Crippen LogP contribution in [0, 0.1) is 0 Å².